The quantitative estimate of drug-likeness (QED) is 0.698. The third-order valence-corrected chi connectivity index (χ3v) is 3.36. The van der Waals surface area contributed by atoms with Crippen LogP contribution in [0.5, 0.6) is 0 Å². The van der Waals surface area contributed by atoms with E-state index in [-0.39, 0.29) is 0 Å². The number of para-hydroxylation sites is 1. The summed E-state index contributed by atoms with van der Waals surface area (Å²) in [4.78, 5) is 6.36. The van der Waals surface area contributed by atoms with Gasteiger partial charge in [-0.05, 0) is 37.5 Å². The molecule has 0 radical (unpaired) electrons. The van der Waals surface area contributed by atoms with E-state index in [1.54, 1.807) is 6.07 Å². The summed E-state index contributed by atoms with van der Waals surface area (Å²) in [5, 5.41) is 1.01. The lowest BCUT2D eigenvalue weighted by atomic mass is 10.1. The van der Waals surface area contributed by atoms with Crippen LogP contribution in [0.4, 0.5) is 10.1 Å². The molecule has 2 aromatic rings. The van der Waals surface area contributed by atoms with Gasteiger partial charge in [-0.3, -0.25) is 0 Å². The molecule has 0 saturated carbocycles. The van der Waals surface area contributed by atoms with Crippen molar-refractivity contribution in [1.29, 1.82) is 0 Å². The first-order valence-corrected chi connectivity index (χ1v) is 6.15. The molecule has 1 aromatic carbocycles. The molecule has 0 spiro atoms. The minimum Gasteiger partial charge on any atom is -0.370 e. The van der Waals surface area contributed by atoms with E-state index in [1.165, 1.54) is 25.3 Å². The molecule has 0 atom stereocenters. The highest BCUT2D eigenvalue weighted by molar-refractivity contribution is 5.90. The summed E-state index contributed by atoms with van der Waals surface area (Å²) in [7, 11) is 0. The second-order valence-electron chi connectivity index (χ2n) is 4.53. The molecule has 0 N–H and O–H groups in total. The molecule has 0 bridgehead atoms. The lowest BCUT2D eigenvalue weighted by Gasteiger charge is -2.29. The van der Waals surface area contributed by atoms with Gasteiger partial charge >= 0.3 is 0 Å². The summed E-state index contributed by atoms with van der Waals surface area (Å²) in [6.07, 6.45) is 3.72. The molecule has 1 saturated heterocycles. The molecule has 2 heterocycles. The first-order chi connectivity index (χ1) is 8.34. The average molecular weight is 230 g/mol. The van der Waals surface area contributed by atoms with Crippen molar-refractivity contribution >= 4 is 16.6 Å². The maximum atomic E-state index is 13.3. The Balaban J connectivity index is 2.11. The van der Waals surface area contributed by atoms with Crippen LogP contribution in [0.15, 0.2) is 30.3 Å². The zero-order valence-electron chi connectivity index (χ0n) is 9.69. The predicted molar refractivity (Wildman–Crippen MR) is 67.8 cm³/mol. The Labute approximate surface area is 100 Å². The largest absolute Gasteiger partial charge is 0.370 e. The number of rotatable bonds is 1. The van der Waals surface area contributed by atoms with E-state index < -0.39 is 5.95 Å². The van der Waals surface area contributed by atoms with Crippen LogP contribution in [0.1, 0.15) is 19.3 Å². The van der Waals surface area contributed by atoms with Gasteiger partial charge < -0.3 is 4.90 Å². The van der Waals surface area contributed by atoms with Gasteiger partial charge in [0.15, 0.2) is 0 Å². The van der Waals surface area contributed by atoms with Crippen molar-refractivity contribution in [2.75, 3.05) is 18.0 Å². The fourth-order valence-corrected chi connectivity index (χ4v) is 2.50. The molecule has 0 amide bonds. The van der Waals surface area contributed by atoms with E-state index in [0.29, 0.717) is 0 Å². The van der Waals surface area contributed by atoms with Crippen LogP contribution in [0.3, 0.4) is 0 Å². The molecular weight excluding hydrogens is 215 g/mol. The van der Waals surface area contributed by atoms with Gasteiger partial charge in [0, 0.05) is 18.5 Å². The smallest absolute Gasteiger partial charge is 0.213 e. The number of benzene rings is 1. The lowest BCUT2D eigenvalue weighted by Crippen LogP contribution is -2.29. The minimum absolute atomic E-state index is 0.401. The van der Waals surface area contributed by atoms with Crippen molar-refractivity contribution in [1.82, 2.24) is 4.98 Å². The highest BCUT2D eigenvalue weighted by Crippen LogP contribution is 2.27. The summed E-state index contributed by atoms with van der Waals surface area (Å²) in [5.74, 6) is -0.401. The van der Waals surface area contributed by atoms with Gasteiger partial charge in [-0.25, -0.2) is 4.98 Å². The molecule has 1 fully saturated rings. The number of anilines is 1. The molecule has 17 heavy (non-hydrogen) atoms. The molecule has 0 unspecified atom stereocenters. The zero-order chi connectivity index (χ0) is 11.7. The van der Waals surface area contributed by atoms with Crippen molar-refractivity contribution in [2.45, 2.75) is 19.3 Å². The van der Waals surface area contributed by atoms with Crippen LogP contribution in [0, 0.1) is 5.95 Å². The van der Waals surface area contributed by atoms with Crippen LogP contribution in [-0.4, -0.2) is 18.1 Å². The van der Waals surface area contributed by atoms with E-state index in [2.05, 4.69) is 9.88 Å². The van der Waals surface area contributed by atoms with Crippen LogP contribution < -0.4 is 4.90 Å². The maximum absolute atomic E-state index is 13.3. The SMILES string of the molecule is Fc1ccc2cccc(N3CCCCC3)c2n1. The third kappa shape index (κ3) is 1.97. The molecule has 1 aliphatic rings. The van der Waals surface area contributed by atoms with Crippen LogP contribution in [-0.2, 0) is 0 Å². The van der Waals surface area contributed by atoms with Gasteiger partial charge in [0.05, 0.1) is 11.2 Å². The Kier molecular flexibility index (Phi) is 2.67. The summed E-state index contributed by atoms with van der Waals surface area (Å²) in [6, 6.07) is 9.26. The third-order valence-electron chi connectivity index (χ3n) is 3.36. The first kappa shape index (κ1) is 10.5. The molecule has 88 valence electrons. The van der Waals surface area contributed by atoms with Gasteiger partial charge in [0.25, 0.3) is 0 Å². The van der Waals surface area contributed by atoms with Crippen LogP contribution >= 0.6 is 0 Å². The van der Waals surface area contributed by atoms with Gasteiger partial charge in [0.2, 0.25) is 5.95 Å². The number of hydrogen-bond acceptors (Lipinski definition) is 2. The normalized spacial score (nSPS) is 16.4. The van der Waals surface area contributed by atoms with Crippen molar-refractivity contribution in [3.63, 3.8) is 0 Å². The minimum atomic E-state index is -0.401. The summed E-state index contributed by atoms with van der Waals surface area (Å²) in [6.45, 7) is 2.11. The number of hydrogen-bond donors (Lipinski definition) is 0. The van der Waals surface area contributed by atoms with Crippen molar-refractivity contribution in [3.05, 3.63) is 36.3 Å². The molecule has 2 nitrogen and oxygen atoms in total. The van der Waals surface area contributed by atoms with Crippen LogP contribution in [0.2, 0.25) is 0 Å². The molecular formula is C14H15FN2. The number of fused-ring (bicyclic) bond motifs is 1. The molecule has 0 aliphatic carbocycles. The monoisotopic (exact) mass is 230 g/mol. The number of aromatic nitrogens is 1. The fourth-order valence-electron chi connectivity index (χ4n) is 2.50. The highest BCUT2D eigenvalue weighted by Gasteiger charge is 2.14. The summed E-state index contributed by atoms with van der Waals surface area (Å²) >= 11 is 0. The Hall–Kier alpha value is -1.64. The Bertz CT molecular complexity index is 533. The van der Waals surface area contributed by atoms with Crippen molar-refractivity contribution in [3.8, 4) is 0 Å². The number of piperidine rings is 1. The molecule has 3 heteroatoms. The summed E-state index contributed by atoms with van der Waals surface area (Å²) in [5.41, 5.74) is 1.86. The van der Waals surface area contributed by atoms with E-state index in [1.807, 2.05) is 18.2 Å². The number of halogens is 1. The topological polar surface area (TPSA) is 16.1 Å². The second-order valence-corrected chi connectivity index (χ2v) is 4.53. The zero-order valence-corrected chi connectivity index (χ0v) is 9.69. The predicted octanol–water partition coefficient (Wildman–Crippen LogP) is 3.36. The Morgan fingerprint density at radius 2 is 1.82 bits per heavy atom. The van der Waals surface area contributed by atoms with Gasteiger partial charge in [-0.2, -0.15) is 4.39 Å². The highest BCUT2D eigenvalue weighted by atomic mass is 19.1. The maximum Gasteiger partial charge on any atom is 0.213 e. The van der Waals surface area contributed by atoms with E-state index in [4.69, 9.17) is 0 Å². The standard InChI is InChI=1S/C14H15FN2/c15-13-8-7-11-5-4-6-12(14(11)16-13)17-9-2-1-3-10-17/h4-8H,1-3,9-10H2. The second kappa shape index (κ2) is 4.32. The van der Waals surface area contributed by atoms with E-state index >= 15 is 0 Å². The van der Waals surface area contributed by atoms with E-state index in [9.17, 15) is 4.39 Å². The number of pyridine rings is 1. The average Bonchev–Trinajstić information content (AvgIpc) is 2.39. The van der Waals surface area contributed by atoms with Crippen molar-refractivity contribution in [2.24, 2.45) is 0 Å². The molecule has 1 aliphatic heterocycles. The van der Waals surface area contributed by atoms with E-state index in [0.717, 1.165) is 29.7 Å². The van der Waals surface area contributed by atoms with Crippen LogP contribution in [0.25, 0.3) is 10.9 Å². The van der Waals surface area contributed by atoms with Gasteiger partial charge in [-0.1, -0.05) is 12.1 Å². The fraction of sp³-hybridized carbons (Fsp3) is 0.357. The summed E-state index contributed by atoms with van der Waals surface area (Å²) < 4.78 is 13.3. The number of nitrogens with zero attached hydrogens (tertiary/aromatic N) is 2. The first-order valence-electron chi connectivity index (χ1n) is 6.15. The molecule has 3 rings (SSSR count). The molecule has 1 aromatic heterocycles. The van der Waals surface area contributed by atoms with Gasteiger partial charge in [-0.15, -0.1) is 0 Å². The van der Waals surface area contributed by atoms with Crippen molar-refractivity contribution < 1.29 is 4.39 Å². The van der Waals surface area contributed by atoms with Gasteiger partial charge in [0.1, 0.15) is 0 Å². The Morgan fingerprint density at radius 3 is 2.65 bits per heavy atom. The lowest BCUT2D eigenvalue weighted by molar-refractivity contribution is 0.576. The Morgan fingerprint density at radius 1 is 1.00 bits per heavy atom.